The van der Waals surface area contributed by atoms with Gasteiger partial charge in [0.2, 0.25) is 0 Å². The summed E-state index contributed by atoms with van der Waals surface area (Å²) in [5.41, 5.74) is 12.3. The van der Waals surface area contributed by atoms with Crippen LogP contribution in [0.3, 0.4) is 0 Å². The topological polar surface area (TPSA) is 80.8 Å². The summed E-state index contributed by atoms with van der Waals surface area (Å²) in [6.07, 6.45) is -8.80. The zero-order valence-corrected chi connectivity index (χ0v) is 24.0. The number of nitriles is 1. The quantitative estimate of drug-likeness (QED) is 0.192. The van der Waals surface area contributed by atoms with Crippen molar-refractivity contribution in [2.24, 2.45) is 0 Å². The van der Waals surface area contributed by atoms with E-state index in [1.54, 1.807) is 18.4 Å². The van der Waals surface area contributed by atoms with E-state index >= 15 is 0 Å². The monoisotopic (exact) mass is 752 g/mol. The number of hydrogen-bond acceptors (Lipinski definition) is 3. The van der Waals surface area contributed by atoms with Crippen molar-refractivity contribution in [1.82, 2.24) is 4.57 Å². The smallest absolute Gasteiger partial charge is 0.397 e. The largest absolute Gasteiger partial charge is 0.416 e. The highest BCUT2D eigenvalue weighted by atomic mass is 79.9. The molecular formula is C21H14Br4F6N4. The minimum absolute atomic E-state index is 0.193. The fourth-order valence-corrected chi connectivity index (χ4v) is 5.68. The van der Waals surface area contributed by atoms with Crippen LogP contribution in [0.1, 0.15) is 27.9 Å². The molecule has 3 aromatic rings. The van der Waals surface area contributed by atoms with E-state index in [-0.39, 0.29) is 29.4 Å². The first-order valence-electron chi connectivity index (χ1n) is 9.17. The van der Waals surface area contributed by atoms with Crippen molar-refractivity contribution in [3.8, 4) is 11.8 Å². The molecular weight excluding hydrogens is 742 g/mol. The third-order valence-corrected chi connectivity index (χ3v) is 7.36. The Hall–Kier alpha value is -1.69. The number of rotatable bonds is 1. The SMILES string of the molecule is Cc1c(C#N)c(N)n(-c2c(Br)cc(C(F)(F)F)cc2Br)c1C.Nc1c(Br)cc(C(F)(F)F)cc1Br. The van der Waals surface area contributed by atoms with Crippen molar-refractivity contribution in [3.63, 3.8) is 0 Å². The second-order valence-electron chi connectivity index (χ2n) is 7.06. The van der Waals surface area contributed by atoms with Crippen LogP contribution in [0, 0.1) is 25.2 Å². The molecule has 0 aliphatic carbocycles. The molecule has 0 fully saturated rings. The summed E-state index contributed by atoms with van der Waals surface area (Å²) in [4.78, 5) is 0. The fourth-order valence-electron chi connectivity index (χ4n) is 2.95. The minimum atomic E-state index is -4.45. The Bertz CT molecular complexity index is 1280. The molecule has 0 spiro atoms. The van der Waals surface area contributed by atoms with Gasteiger partial charge in [-0.2, -0.15) is 31.6 Å². The van der Waals surface area contributed by atoms with E-state index in [0.717, 1.165) is 24.3 Å². The average molecular weight is 756 g/mol. The van der Waals surface area contributed by atoms with Crippen molar-refractivity contribution in [3.05, 3.63) is 70.1 Å². The molecule has 35 heavy (non-hydrogen) atoms. The molecule has 14 heteroatoms. The van der Waals surface area contributed by atoms with Gasteiger partial charge in [0.25, 0.3) is 0 Å². The van der Waals surface area contributed by atoms with E-state index in [1.807, 2.05) is 6.07 Å². The first-order chi connectivity index (χ1) is 15.9. The van der Waals surface area contributed by atoms with E-state index in [4.69, 9.17) is 16.7 Å². The highest BCUT2D eigenvalue weighted by Crippen LogP contribution is 2.41. The third kappa shape index (κ3) is 6.36. The first kappa shape index (κ1) is 29.5. The van der Waals surface area contributed by atoms with Crippen LogP contribution in [-0.4, -0.2) is 4.57 Å². The first-order valence-corrected chi connectivity index (χ1v) is 12.3. The molecule has 3 rings (SSSR count). The minimum Gasteiger partial charge on any atom is -0.397 e. The molecule has 0 unspecified atom stereocenters. The molecule has 0 amide bonds. The number of nitrogens with two attached hydrogens (primary N) is 2. The van der Waals surface area contributed by atoms with Crippen molar-refractivity contribution in [2.75, 3.05) is 11.5 Å². The Balaban J connectivity index is 0.000000283. The van der Waals surface area contributed by atoms with E-state index in [1.165, 1.54) is 0 Å². The zero-order chi connectivity index (χ0) is 27.0. The molecule has 2 aromatic carbocycles. The molecule has 0 saturated carbocycles. The highest BCUT2D eigenvalue weighted by Gasteiger charge is 2.33. The van der Waals surface area contributed by atoms with Crippen LogP contribution in [-0.2, 0) is 12.4 Å². The number of halogens is 10. The molecule has 0 saturated heterocycles. The van der Waals surface area contributed by atoms with Gasteiger partial charge < -0.3 is 11.5 Å². The fraction of sp³-hybridized carbons (Fsp3) is 0.190. The van der Waals surface area contributed by atoms with E-state index in [9.17, 15) is 26.3 Å². The molecule has 1 aromatic heterocycles. The van der Waals surface area contributed by atoms with Gasteiger partial charge in [-0.3, -0.25) is 4.57 Å². The van der Waals surface area contributed by atoms with Crippen LogP contribution < -0.4 is 11.5 Å². The summed E-state index contributed by atoms with van der Waals surface area (Å²) in [6, 6.07) is 5.87. The van der Waals surface area contributed by atoms with Gasteiger partial charge in [-0.05, 0) is 107 Å². The number of alkyl halides is 6. The van der Waals surface area contributed by atoms with Crippen molar-refractivity contribution in [2.45, 2.75) is 26.2 Å². The van der Waals surface area contributed by atoms with Crippen molar-refractivity contribution in [1.29, 1.82) is 5.26 Å². The summed E-state index contributed by atoms with van der Waals surface area (Å²) in [7, 11) is 0. The van der Waals surface area contributed by atoms with Crippen LogP contribution in [0.25, 0.3) is 5.69 Å². The third-order valence-electron chi connectivity index (χ3n) is 4.84. The van der Waals surface area contributed by atoms with Gasteiger partial charge in [-0.15, -0.1) is 0 Å². The van der Waals surface area contributed by atoms with E-state index in [2.05, 4.69) is 63.7 Å². The predicted molar refractivity (Wildman–Crippen MR) is 136 cm³/mol. The molecule has 0 atom stereocenters. The van der Waals surface area contributed by atoms with Crippen LogP contribution in [0.2, 0.25) is 0 Å². The molecule has 0 bridgehead atoms. The number of nitrogen functional groups attached to an aromatic ring is 2. The van der Waals surface area contributed by atoms with Gasteiger partial charge >= 0.3 is 12.4 Å². The number of aromatic nitrogens is 1. The van der Waals surface area contributed by atoms with Crippen LogP contribution in [0.5, 0.6) is 0 Å². The maximum Gasteiger partial charge on any atom is 0.416 e. The molecule has 4 N–H and O–H groups in total. The molecule has 1 heterocycles. The average Bonchev–Trinajstić information content (AvgIpc) is 2.93. The molecule has 0 aliphatic rings. The van der Waals surface area contributed by atoms with Crippen LogP contribution in [0.15, 0.2) is 42.2 Å². The highest BCUT2D eigenvalue weighted by molar-refractivity contribution is 9.11. The lowest BCUT2D eigenvalue weighted by Gasteiger charge is -2.16. The maximum absolute atomic E-state index is 12.8. The summed E-state index contributed by atoms with van der Waals surface area (Å²) in [5.74, 6) is 0.193. The lowest BCUT2D eigenvalue weighted by molar-refractivity contribution is -0.138. The van der Waals surface area contributed by atoms with Gasteiger partial charge in [-0.25, -0.2) is 0 Å². The predicted octanol–water partition coefficient (Wildman–Crippen LogP) is 8.90. The summed E-state index contributed by atoms with van der Waals surface area (Å²) in [5, 5.41) is 9.16. The van der Waals surface area contributed by atoms with E-state index in [0.29, 0.717) is 22.5 Å². The van der Waals surface area contributed by atoms with Crippen molar-refractivity contribution < 1.29 is 26.3 Å². The lowest BCUT2D eigenvalue weighted by Crippen LogP contribution is -2.09. The van der Waals surface area contributed by atoms with Crippen LogP contribution >= 0.6 is 63.7 Å². The van der Waals surface area contributed by atoms with Gasteiger partial charge in [0.15, 0.2) is 0 Å². The van der Waals surface area contributed by atoms with Gasteiger partial charge in [0, 0.05) is 23.6 Å². The number of hydrogen-bond donors (Lipinski definition) is 2. The van der Waals surface area contributed by atoms with Gasteiger partial charge in [0.05, 0.1) is 28.1 Å². The Morgan fingerprint density at radius 3 is 1.46 bits per heavy atom. The van der Waals surface area contributed by atoms with Crippen LogP contribution in [0.4, 0.5) is 37.8 Å². The zero-order valence-electron chi connectivity index (χ0n) is 17.6. The molecule has 4 nitrogen and oxygen atoms in total. The Labute approximate surface area is 229 Å². The maximum atomic E-state index is 12.8. The van der Waals surface area contributed by atoms with Crippen molar-refractivity contribution >= 4 is 75.2 Å². The Morgan fingerprint density at radius 1 is 0.771 bits per heavy atom. The molecule has 188 valence electrons. The number of nitrogens with zero attached hydrogens (tertiary/aromatic N) is 2. The van der Waals surface area contributed by atoms with Gasteiger partial charge in [-0.1, -0.05) is 0 Å². The molecule has 0 radical (unpaired) electrons. The Kier molecular flexibility index (Phi) is 9.06. The Morgan fingerprint density at radius 2 is 1.14 bits per heavy atom. The van der Waals surface area contributed by atoms with E-state index < -0.39 is 23.5 Å². The second-order valence-corrected chi connectivity index (χ2v) is 10.5. The number of benzene rings is 2. The van der Waals surface area contributed by atoms with Gasteiger partial charge in [0.1, 0.15) is 11.9 Å². The normalized spacial score (nSPS) is 11.6. The summed E-state index contributed by atoms with van der Waals surface area (Å²) < 4.78 is 77.6. The standard InChI is InChI=1S/C14H10Br2F3N3.C7H4Br2F3N/c1-6-7(2)22(13(21)9(6)5-20)12-10(15)3-8(4-11(12)16)14(17,18)19;8-4-1-3(7(10,11)12)2-5(9)6(4)13/h3-4H,21H2,1-2H3;1-2H,13H2. The summed E-state index contributed by atoms with van der Waals surface area (Å²) in [6.45, 7) is 3.50. The number of anilines is 2. The summed E-state index contributed by atoms with van der Waals surface area (Å²) >= 11 is 12.2. The lowest BCUT2D eigenvalue weighted by atomic mass is 10.2. The second kappa shape index (κ2) is 10.7. The molecule has 0 aliphatic heterocycles.